The molecular weight excluding hydrogens is 264 g/mol. The second kappa shape index (κ2) is 7.24. The van der Waals surface area contributed by atoms with Gasteiger partial charge in [-0.3, -0.25) is 9.78 Å². The molecule has 1 aliphatic rings. The first-order valence-corrected chi connectivity index (χ1v) is 7.49. The van der Waals surface area contributed by atoms with Gasteiger partial charge in [-0.05, 0) is 31.7 Å². The van der Waals surface area contributed by atoms with Crippen molar-refractivity contribution < 1.29 is 9.90 Å². The van der Waals surface area contributed by atoms with E-state index in [1.165, 1.54) is 6.42 Å². The van der Waals surface area contributed by atoms with Crippen LogP contribution in [0.15, 0.2) is 18.5 Å². The summed E-state index contributed by atoms with van der Waals surface area (Å²) in [5.74, 6) is 6.33. The zero-order valence-corrected chi connectivity index (χ0v) is 12.7. The molecule has 0 radical (unpaired) electrons. The largest absolute Gasteiger partial charge is 0.395 e. The zero-order chi connectivity index (χ0) is 15.2. The smallest absolute Gasteiger partial charge is 0.255 e. The summed E-state index contributed by atoms with van der Waals surface area (Å²) >= 11 is 0. The Morgan fingerprint density at radius 3 is 3.05 bits per heavy atom. The van der Waals surface area contributed by atoms with Crippen LogP contribution in [0.1, 0.15) is 49.0 Å². The fourth-order valence-corrected chi connectivity index (χ4v) is 2.63. The molecule has 0 aliphatic carbocycles. The molecule has 2 heterocycles. The topological polar surface area (TPSA) is 53.4 Å². The van der Waals surface area contributed by atoms with Gasteiger partial charge >= 0.3 is 0 Å². The monoisotopic (exact) mass is 286 g/mol. The lowest BCUT2D eigenvalue weighted by Crippen LogP contribution is -2.46. The van der Waals surface area contributed by atoms with Gasteiger partial charge in [-0.2, -0.15) is 0 Å². The molecule has 1 aromatic heterocycles. The van der Waals surface area contributed by atoms with Crippen molar-refractivity contribution in [1.82, 2.24) is 9.88 Å². The van der Waals surface area contributed by atoms with Gasteiger partial charge in [0, 0.05) is 37.0 Å². The Bertz CT molecular complexity index is 559. The van der Waals surface area contributed by atoms with Gasteiger partial charge in [0.1, 0.15) is 0 Å². The van der Waals surface area contributed by atoms with E-state index >= 15 is 0 Å². The van der Waals surface area contributed by atoms with Gasteiger partial charge in [0.15, 0.2) is 0 Å². The number of aliphatic hydroxyl groups is 1. The van der Waals surface area contributed by atoms with Crippen LogP contribution in [0.25, 0.3) is 0 Å². The molecule has 2 unspecified atom stereocenters. The first kappa shape index (κ1) is 15.5. The SMILES string of the molecule is CC1CCCN(C(=O)c2cncc(C#CCCO)c2)C1C. The maximum atomic E-state index is 12.6. The predicted octanol–water partition coefficient (Wildman–Crippen LogP) is 2.08. The number of aromatic nitrogens is 1. The minimum absolute atomic E-state index is 0.0346. The van der Waals surface area contributed by atoms with Crippen molar-refractivity contribution in [2.45, 2.75) is 39.2 Å². The van der Waals surface area contributed by atoms with Crippen LogP contribution in [0, 0.1) is 17.8 Å². The summed E-state index contributed by atoms with van der Waals surface area (Å²) in [4.78, 5) is 18.7. The van der Waals surface area contributed by atoms with Crippen molar-refractivity contribution in [2.24, 2.45) is 5.92 Å². The van der Waals surface area contributed by atoms with Crippen LogP contribution in [0.2, 0.25) is 0 Å². The van der Waals surface area contributed by atoms with E-state index in [0.717, 1.165) is 13.0 Å². The Balaban J connectivity index is 2.16. The third-order valence-corrected chi connectivity index (χ3v) is 4.09. The van der Waals surface area contributed by atoms with Crippen LogP contribution in [-0.2, 0) is 0 Å². The van der Waals surface area contributed by atoms with Crippen molar-refractivity contribution in [3.8, 4) is 11.8 Å². The van der Waals surface area contributed by atoms with Gasteiger partial charge in [0.2, 0.25) is 0 Å². The molecule has 2 atom stereocenters. The Morgan fingerprint density at radius 1 is 1.48 bits per heavy atom. The Kier molecular flexibility index (Phi) is 5.35. The molecule has 0 aromatic carbocycles. The van der Waals surface area contributed by atoms with Gasteiger partial charge in [0.25, 0.3) is 5.91 Å². The molecule has 112 valence electrons. The van der Waals surface area contributed by atoms with Crippen molar-refractivity contribution in [3.63, 3.8) is 0 Å². The number of pyridine rings is 1. The minimum atomic E-state index is 0.0346. The summed E-state index contributed by atoms with van der Waals surface area (Å²) in [6.07, 6.45) is 5.91. The zero-order valence-electron chi connectivity index (χ0n) is 12.7. The van der Waals surface area contributed by atoms with Crippen LogP contribution in [0.4, 0.5) is 0 Å². The average molecular weight is 286 g/mol. The molecule has 4 heteroatoms. The fraction of sp³-hybridized carbons (Fsp3) is 0.529. The van der Waals surface area contributed by atoms with Gasteiger partial charge in [-0.25, -0.2) is 0 Å². The molecule has 0 saturated carbocycles. The van der Waals surface area contributed by atoms with Crippen molar-refractivity contribution in [3.05, 3.63) is 29.6 Å². The third-order valence-electron chi connectivity index (χ3n) is 4.09. The van der Waals surface area contributed by atoms with E-state index in [-0.39, 0.29) is 18.6 Å². The highest BCUT2D eigenvalue weighted by Crippen LogP contribution is 2.24. The first-order chi connectivity index (χ1) is 10.1. The minimum Gasteiger partial charge on any atom is -0.395 e. The highest BCUT2D eigenvalue weighted by molar-refractivity contribution is 5.94. The second-order valence-corrected chi connectivity index (χ2v) is 5.60. The Labute approximate surface area is 126 Å². The van der Waals surface area contributed by atoms with E-state index in [4.69, 9.17) is 5.11 Å². The van der Waals surface area contributed by atoms with Crippen molar-refractivity contribution in [1.29, 1.82) is 0 Å². The third kappa shape index (κ3) is 3.83. The van der Waals surface area contributed by atoms with Gasteiger partial charge in [-0.15, -0.1) is 0 Å². The molecule has 0 spiro atoms. The number of nitrogens with zero attached hydrogens (tertiary/aromatic N) is 2. The number of hydrogen-bond donors (Lipinski definition) is 1. The highest BCUT2D eigenvalue weighted by atomic mass is 16.2. The molecular formula is C17H22N2O2. The van der Waals surface area contributed by atoms with Crippen LogP contribution >= 0.6 is 0 Å². The predicted molar refractivity (Wildman–Crippen MR) is 81.7 cm³/mol. The van der Waals surface area contributed by atoms with E-state index in [1.54, 1.807) is 18.5 Å². The van der Waals surface area contributed by atoms with Crippen LogP contribution in [0.3, 0.4) is 0 Å². The normalized spacial score (nSPS) is 21.6. The molecule has 1 fully saturated rings. The first-order valence-electron chi connectivity index (χ1n) is 7.49. The maximum absolute atomic E-state index is 12.6. The summed E-state index contributed by atoms with van der Waals surface area (Å²) in [5.41, 5.74) is 1.30. The number of carbonyl (C=O) groups is 1. The van der Waals surface area contributed by atoms with Crippen LogP contribution in [-0.4, -0.2) is 40.1 Å². The van der Waals surface area contributed by atoms with Crippen molar-refractivity contribution >= 4 is 5.91 Å². The van der Waals surface area contributed by atoms with E-state index < -0.39 is 0 Å². The fourth-order valence-electron chi connectivity index (χ4n) is 2.63. The van der Waals surface area contributed by atoms with E-state index in [0.29, 0.717) is 23.5 Å². The average Bonchev–Trinajstić information content (AvgIpc) is 2.50. The lowest BCUT2D eigenvalue weighted by atomic mass is 9.91. The van der Waals surface area contributed by atoms with Crippen LogP contribution in [0.5, 0.6) is 0 Å². The standard InChI is InChI=1S/C17H22N2O2/c1-13-6-5-8-19(14(13)2)17(21)16-10-15(11-18-12-16)7-3-4-9-20/h10-14,20H,4-6,8-9H2,1-2H3. The number of hydrogen-bond acceptors (Lipinski definition) is 3. The van der Waals surface area contributed by atoms with Gasteiger partial charge in [-0.1, -0.05) is 18.8 Å². The molecule has 1 saturated heterocycles. The van der Waals surface area contributed by atoms with Crippen LogP contribution < -0.4 is 0 Å². The van der Waals surface area contributed by atoms with Gasteiger partial charge < -0.3 is 10.0 Å². The quantitative estimate of drug-likeness (QED) is 0.847. The molecule has 1 amide bonds. The summed E-state index contributed by atoms with van der Waals surface area (Å²) in [5, 5.41) is 8.73. The van der Waals surface area contributed by atoms with E-state index in [2.05, 4.69) is 30.7 Å². The number of piperidine rings is 1. The summed E-state index contributed by atoms with van der Waals surface area (Å²) in [6.45, 7) is 5.16. The number of rotatable bonds is 2. The number of aliphatic hydroxyl groups excluding tert-OH is 1. The molecule has 1 N–H and O–H groups in total. The van der Waals surface area contributed by atoms with Crippen molar-refractivity contribution in [2.75, 3.05) is 13.2 Å². The molecule has 1 aliphatic heterocycles. The summed E-state index contributed by atoms with van der Waals surface area (Å²) in [6, 6.07) is 2.04. The Morgan fingerprint density at radius 2 is 2.29 bits per heavy atom. The molecule has 21 heavy (non-hydrogen) atoms. The maximum Gasteiger partial charge on any atom is 0.255 e. The van der Waals surface area contributed by atoms with E-state index in [1.807, 2.05) is 4.90 Å². The number of amides is 1. The van der Waals surface area contributed by atoms with E-state index in [9.17, 15) is 4.79 Å². The lowest BCUT2D eigenvalue weighted by molar-refractivity contribution is 0.0550. The second-order valence-electron chi connectivity index (χ2n) is 5.60. The number of likely N-dealkylation sites (tertiary alicyclic amines) is 1. The van der Waals surface area contributed by atoms with Gasteiger partial charge in [0.05, 0.1) is 12.2 Å². The molecule has 1 aromatic rings. The lowest BCUT2D eigenvalue weighted by Gasteiger charge is -2.38. The molecule has 0 bridgehead atoms. The summed E-state index contributed by atoms with van der Waals surface area (Å²) in [7, 11) is 0. The Hall–Kier alpha value is -1.86. The molecule has 4 nitrogen and oxygen atoms in total. The summed E-state index contributed by atoms with van der Waals surface area (Å²) < 4.78 is 0. The highest BCUT2D eigenvalue weighted by Gasteiger charge is 2.29. The molecule has 2 rings (SSSR count). The number of carbonyl (C=O) groups excluding carboxylic acids is 1.